The van der Waals surface area contributed by atoms with Crippen LogP contribution >= 0.6 is 0 Å². The van der Waals surface area contributed by atoms with Crippen LogP contribution < -0.4 is 11.3 Å². The molecule has 21 heavy (non-hydrogen) atoms. The molecule has 5 heteroatoms. The van der Waals surface area contributed by atoms with Gasteiger partial charge in [-0.15, -0.1) is 0 Å². The lowest BCUT2D eigenvalue weighted by atomic mass is 9.81. The Balaban J connectivity index is 2.09. The van der Waals surface area contributed by atoms with Gasteiger partial charge >= 0.3 is 0 Å². The summed E-state index contributed by atoms with van der Waals surface area (Å²) in [6.07, 6.45) is 5.36. The van der Waals surface area contributed by atoms with Crippen LogP contribution in [0.3, 0.4) is 0 Å². The molecule has 0 aliphatic carbocycles. The fraction of sp³-hybridized carbons (Fsp3) is 0.438. The van der Waals surface area contributed by atoms with E-state index in [1.54, 1.807) is 7.11 Å². The number of nitrogens with two attached hydrogens (primary N) is 1. The van der Waals surface area contributed by atoms with Gasteiger partial charge in [0.2, 0.25) is 0 Å². The predicted molar refractivity (Wildman–Crippen MR) is 81.6 cm³/mol. The summed E-state index contributed by atoms with van der Waals surface area (Å²) in [6, 6.07) is 8.08. The fourth-order valence-electron chi connectivity index (χ4n) is 3.22. The number of methoxy groups -OCH3 is 1. The van der Waals surface area contributed by atoms with Crippen molar-refractivity contribution in [1.29, 1.82) is 0 Å². The number of hydrogen-bond donors (Lipinski definition) is 2. The van der Waals surface area contributed by atoms with E-state index in [9.17, 15) is 0 Å². The number of fused-ring (bicyclic) bond motifs is 1. The molecule has 1 saturated heterocycles. The minimum Gasteiger partial charge on any atom is -0.381 e. The molecule has 0 amide bonds. The Morgan fingerprint density at radius 3 is 2.76 bits per heavy atom. The maximum atomic E-state index is 5.89. The first-order valence-corrected chi connectivity index (χ1v) is 7.22. The predicted octanol–water partition coefficient (Wildman–Crippen LogP) is 1.93. The largest absolute Gasteiger partial charge is 0.381 e. The van der Waals surface area contributed by atoms with Crippen LogP contribution in [-0.4, -0.2) is 30.9 Å². The molecule has 2 aromatic rings. The van der Waals surface area contributed by atoms with E-state index in [0.717, 1.165) is 29.2 Å². The van der Waals surface area contributed by atoms with Gasteiger partial charge in [-0.1, -0.05) is 24.3 Å². The van der Waals surface area contributed by atoms with Crippen molar-refractivity contribution in [2.24, 2.45) is 5.84 Å². The molecule has 1 aromatic heterocycles. The van der Waals surface area contributed by atoms with E-state index in [4.69, 9.17) is 15.3 Å². The van der Waals surface area contributed by atoms with E-state index >= 15 is 0 Å². The number of ether oxygens (including phenoxy) is 2. The van der Waals surface area contributed by atoms with Gasteiger partial charge in [0.1, 0.15) is 0 Å². The van der Waals surface area contributed by atoms with Crippen molar-refractivity contribution < 1.29 is 9.47 Å². The summed E-state index contributed by atoms with van der Waals surface area (Å²) in [6.45, 7) is 1.37. The van der Waals surface area contributed by atoms with E-state index in [1.807, 2.05) is 24.5 Å². The first-order valence-electron chi connectivity index (χ1n) is 7.22. The van der Waals surface area contributed by atoms with Crippen LogP contribution in [0.1, 0.15) is 24.4 Å². The molecule has 3 rings (SSSR count). The Labute approximate surface area is 124 Å². The molecule has 0 saturated carbocycles. The molecule has 5 nitrogen and oxygen atoms in total. The number of hydrazine groups is 1. The summed E-state index contributed by atoms with van der Waals surface area (Å²) >= 11 is 0. The van der Waals surface area contributed by atoms with Crippen molar-refractivity contribution >= 4 is 10.8 Å². The van der Waals surface area contributed by atoms with Gasteiger partial charge in [0, 0.05) is 50.9 Å². The van der Waals surface area contributed by atoms with E-state index in [2.05, 4.69) is 22.5 Å². The molecule has 0 radical (unpaired) electrons. The standard InChI is InChI=1S/C16H21N3O2/c1-20-16(6-8-21-9-7-16)15(19-17)14-11-18-10-12-4-2-3-5-13(12)14/h2-5,10-11,15,19H,6-9,17H2,1H3. The Morgan fingerprint density at radius 2 is 2.05 bits per heavy atom. The van der Waals surface area contributed by atoms with Crippen molar-refractivity contribution in [3.05, 3.63) is 42.2 Å². The molecule has 112 valence electrons. The average Bonchev–Trinajstić information content (AvgIpc) is 2.56. The zero-order valence-corrected chi connectivity index (χ0v) is 12.2. The van der Waals surface area contributed by atoms with Crippen LogP contribution in [-0.2, 0) is 9.47 Å². The highest BCUT2D eigenvalue weighted by atomic mass is 16.5. The number of nitrogens with zero attached hydrogens (tertiary/aromatic N) is 1. The van der Waals surface area contributed by atoms with E-state index in [1.165, 1.54) is 0 Å². The van der Waals surface area contributed by atoms with Gasteiger partial charge in [0.05, 0.1) is 11.6 Å². The topological polar surface area (TPSA) is 69.4 Å². The first-order chi connectivity index (χ1) is 10.3. The molecule has 1 atom stereocenters. The van der Waals surface area contributed by atoms with Crippen LogP contribution in [0, 0.1) is 0 Å². The Morgan fingerprint density at radius 1 is 1.29 bits per heavy atom. The van der Waals surface area contributed by atoms with Crippen molar-refractivity contribution in [1.82, 2.24) is 10.4 Å². The van der Waals surface area contributed by atoms with Gasteiger partial charge in [0.25, 0.3) is 0 Å². The number of rotatable bonds is 4. The van der Waals surface area contributed by atoms with Gasteiger partial charge in [-0.3, -0.25) is 10.8 Å². The lowest BCUT2D eigenvalue weighted by Gasteiger charge is -2.42. The van der Waals surface area contributed by atoms with Crippen molar-refractivity contribution in [3.8, 4) is 0 Å². The summed E-state index contributed by atoms with van der Waals surface area (Å²) in [5.74, 6) is 5.89. The normalized spacial score (nSPS) is 19.5. The number of benzene rings is 1. The average molecular weight is 287 g/mol. The second kappa shape index (κ2) is 6.07. The highest BCUT2D eigenvalue weighted by Gasteiger charge is 2.41. The summed E-state index contributed by atoms with van der Waals surface area (Å²) in [5.41, 5.74) is 3.66. The molecule has 0 spiro atoms. The molecular formula is C16H21N3O2. The Kier molecular flexibility index (Phi) is 4.17. The van der Waals surface area contributed by atoms with Crippen molar-refractivity contribution in [3.63, 3.8) is 0 Å². The third-order valence-electron chi connectivity index (χ3n) is 4.45. The lowest BCUT2D eigenvalue weighted by molar-refractivity contribution is -0.111. The van der Waals surface area contributed by atoms with E-state index < -0.39 is 0 Å². The zero-order chi connectivity index (χ0) is 14.7. The van der Waals surface area contributed by atoms with Crippen LogP contribution in [0.4, 0.5) is 0 Å². The summed E-state index contributed by atoms with van der Waals surface area (Å²) in [7, 11) is 1.74. The monoisotopic (exact) mass is 287 g/mol. The minimum absolute atomic E-state index is 0.120. The molecule has 1 aliphatic heterocycles. The molecule has 0 bridgehead atoms. The number of pyridine rings is 1. The summed E-state index contributed by atoms with van der Waals surface area (Å²) in [4.78, 5) is 4.36. The first kappa shape index (κ1) is 14.4. The quantitative estimate of drug-likeness (QED) is 0.664. The summed E-state index contributed by atoms with van der Waals surface area (Å²) < 4.78 is 11.4. The van der Waals surface area contributed by atoms with Gasteiger partial charge in [-0.05, 0) is 10.9 Å². The molecule has 1 fully saturated rings. The summed E-state index contributed by atoms with van der Waals surface area (Å²) in [5, 5.41) is 2.26. The number of aromatic nitrogens is 1. The second-order valence-corrected chi connectivity index (χ2v) is 5.43. The maximum Gasteiger partial charge on any atom is 0.0929 e. The highest BCUT2D eigenvalue weighted by molar-refractivity contribution is 5.85. The van der Waals surface area contributed by atoms with Crippen LogP contribution in [0.2, 0.25) is 0 Å². The number of nitrogens with one attached hydrogen (secondary N) is 1. The maximum absolute atomic E-state index is 5.89. The van der Waals surface area contributed by atoms with E-state index in [-0.39, 0.29) is 11.6 Å². The molecule has 2 heterocycles. The van der Waals surface area contributed by atoms with Crippen LogP contribution in [0.15, 0.2) is 36.7 Å². The zero-order valence-electron chi connectivity index (χ0n) is 12.2. The highest BCUT2D eigenvalue weighted by Crippen LogP contribution is 2.38. The third-order valence-corrected chi connectivity index (χ3v) is 4.45. The fourth-order valence-corrected chi connectivity index (χ4v) is 3.22. The third kappa shape index (κ3) is 2.53. The second-order valence-electron chi connectivity index (χ2n) is 5.43. The Bertz CT molecular complexity index is 606. The van der Waals surface area contributed by atoms with Gasteiger partial charge < -0.3 is 9.47 Å². The van der Waals surface area contributed by atoms with Gasteiger partial charge in [-0.25, -0.2) is 5.43 Å². The Hall–Kier alpha value is -1.53. The van der Waals surface area contributed by atoms with Crippen molar-refractivity contribution in [2.45, 2.75) is 24.5 Å². The SMILES string of the molecule is COC1(C(NN)c2cncc3ccccc23)CCOCC1. The van der Waals surface area contributed by atoms with Gasteiger partial charge in [0.15, 0.2) is 0 Å². The smallest absolute Gasteiger partial charge is 0.0929 e. The van der Waals surface area contributed by atoms with Gasteiger partial charge in [-0.2, -0.15) is 0 Å². The minimum atomic E-state index is -0.362. The molecule has 3 N–H and O–H groups in total. The van der Waals surface area contributed by atoms with Crippen LogP contribution in [0.25, 0.3) is 10.8 Å². The molecular weight excluding hydrogens is 266 g/mol. The van der Waals surface area contributed by atoms with Crippen molar-refractivity contribution in [2.75, 3.05) is 20.3 Å². The lowest BCUT2D eigenvalue weighted by Crippen LogP contribution is -2.51. The molecule has 1 aromatic carbocycles. The molecule has 1 unspecified atom stereocenters. The van der Waals surface area contributed by atoms with Crippen LogP contribution in [0.5, 0.6) is 0 Å². The van der Waals surface area contributed by atoms with E-state index in [0.29, 0.717) is 13.2 Å². The molecule has 1 aliphatic rings. The number of hydrogen-bond acceptors (Lipinski definition) is 5.